The van der Waals surface area contributed by atoms with Crippen LogP contribution in [-0.4, -0.2) is 53.3 Å². The summed E-state index contributed by atoms with van der Waals surface area (Å²) in [7, 11) is -3.67. The fourth-order valence-corrected chi connectivity index (χ4v) is 5.09. The van der Waals surface area contributed by atoms with E-state index in [0.29, 0.717) is 31.4 Å². The highest BCUT2D eigenvalue weighted by atomic mass is 32.2. The minimum Gasteiger partial charge on any atom is -0.356 e. The molecular formula is C19H29N5O3S. The Kier molecular flexibility index (Phi) is 6.66. The number of carbonyl (C=O) groups excluding carboxylic acids is 1. The van der Waals surface area contributed by atoms with Crippen LogP contribution in [0.1, 0.15) is 46.0 Å². The zero-order valence-electron chi connectivity index (χ0n) is 16.6. The Morgan fingerprint density at radius 2 is 2.11 bits per heavy atom. The van der Waals surface area contributed by atoms with Gasteiger partial charge in [-0.1, -0.05) is 25.5 Å². The van der Waals surface area contributed by atoms with E-state index in [1.54, 1.807) is 22.9 Å². The molecule has 1 aromatic carbocycles. The lowest BCUT2D eigenvalue weighted by Gasteiger charge is -2.31. The number of benzene rings is 1. The number of nitrogens with zero attached hydrogens (tertiary/aromatic N) is 4. The molecule has 1 saturated heterocycles. The molecular weight excluding hydrogens is 378 g/mol. The monoisotopic (exact) mass is 407 g/mol. The van der Waals surface area contributed by atoms with Crippen molar-refractivity contribution in [2.75, 3.05) is 19.6 Å². The zero-order chi connectivity index (χ0) is 20.1. The smallest absolute Gasteiger partial charge is 0.243 e. The number of nitrogens with one attached hydrogen (secondary N) is 1. The first-order valence-corrected chi connectivity index (χ1v) is 11.5. The lowest BCUT2D eigenvalue weighted by Crippen LogP contribution is -2.45. The zero-order valence-corrected chi connectivity index (χ0v) is 17.4. The minimum atomic E-state index is -3.67. The third kappa shape index (κ3) is 4.35. The van der Waals surface area contributed by atoms with Crippen molar-refractivity contribution >= 4 is 27.0 Å². The second kappa shape index (κ2) is 9.00. The van der Waals surface area contributed by atoms with Gasteiger partial charge in [0, 0.05) is 26.2 Å². The van der Waals surface area contributed by atoms with Crippen molar-refractivity contribution in [3.8, 4) is 0 Å². The highest BCUT2D eigenvalue weighted by molar-refractivity contribution is 7.89. The predicted molar refractivity (Wildman–Crippen MR) is 107 cm³/mol. The van der Waals surface area contributed by atoms with Crippen LogP contribution in [0, 0.1) is 5.92 Å². The molecule has 9 heteroatoms. The maximum absolute atomic E-state index is 13.1. The summed E-state index contributed by atoms with van der Waals surface area (Å²) in [6, 6.07) is 4.95. The Bertz CT molecular complexity index is 925. The highest BCUT2D eigenvalue weighted by Gasteiger charge is 2.33. The average molecular weight is 408 g/mol. The molecule has 1 amide bonds. The molecule has 0 aliphatic carbocycles. The summed E-state index contributed by atoms with van der Waals surface area (Å²) in [4.78, 5) is 12.6. The van der Waals surface area contributed by atoms with Gasteiger partial charge in [-0.25, -0.2) is 13.1 Å². The Morgan fingerprint density at radius 3 is 2.86 bits per heavy atom. The molecule has 0 spiro atoms. The van der Waals surface area contributed by atoms with Gasteiger partial charge in [0.05, 0.1) is 16.3 Å². The molecule has 2 heterocycles. The van der Waals surface area contributed by atoms with Crippen LogP contribution in [0.2, 0.25) is 0 Å². The largest absolute Gasteiger partial charge is 0.356 e. The fourth-order valence-electron chi connectivity index (χ4n) is 3.55. The maximum Gasteiger partial charge on any atom is 0.243 e. The summed E-state index contributed by atoms with van der Waals surface area (Å²) >= 11 is 0. The maximum atomic E-state index is 13.1. The topological polar surface area (TPSA) is 97.2 Å². The van der Waals surface area contributed by atoms with E-state index in [4.69, 9.17) is 0 Å². The summed E-state index contributed by atoms with van der Waals surface area (Å²) in [5.41, 5.74) is 1.40. The number of carbonyl (C=O) groups is 1. The molecule has 28 heavy (non-hydrogen) atoms. The van der Waals surface area contributed by atoms with Crippen LogP contribution in [-0.2, 0) is 21.4 Å². The molecule has 1 aromatic heterocycles. The number of aryl methyl sites for hydroxylation is 1. The normalized spacial score (nSPS) is 18.4. The van der Waals surface area contributed by atoms with Crippen molar-refractivity contribution in [2.45, 2.75) is 57.4 Å². The van der Waals surface area contributed by atoms with Gasteiger partial charge in [-0.05, 0) is 43.9 Å². The van der Waals surface area contributed by atoms with E-state index in [1.165, 1.54) is 4.31 Å². The number of hydrogen-bond donors (Lipinski definition) is 1. The van der Waals surface area contributed by atoms with Crippen molar-refractivity contribution in [1.82, 2.24) is 24.6 Å². The summed E-state index contributed by atoms with van der Waals surface area (Å²) in [6.45, 7) is 6.16. The molecule has 1 unspecified atom stereocenters. The summed E-state index contributed by atoms with van der Waals surface area (Å²) in [5.74, 6) is -0.346. The SMILES string of the molecule is CCCCNC(=O)C1CCCN(S(=O)(=O)c2ccc3c(c2)nnn3CCC)C1. The van der Waals surface area contributed by atoms with Gasteiger partial charge >= 0.3 is 0 Å². The van der Waals surface area contributed by atoms with E-state index in [1.807, 2.05) is 0 Å². The number of unbranched alkanes of at least 4 members (excludes halogenated alkanes) is 1. The van der Waals surface area contributed by atoms with E-state index in [9.17, 15) is 13.2 Å². The Hall–Kier alpha value is -2.00. The second-order valence-corrected chi connectivity index (χ2v) is 9.25. The molecule has 2 aromatic rings. The van der Waals surface area contributed by atoms with Crippen LogP contribution >= 0.6 is 0 Å². The highest BCUT2D eigenvalue weighted by Crippen LogP contribution is 2.26. The van der Waals surface area contributed by atoms with Crippen LogP contribution in [0.5, 0.6) is 0 Å². The number of amides is 1. The lowest BCUT2D eigenvalue weighted by molar-refractivity contribution is -0.126. The average Bonchev–Trinajstić information content (AvgIpc) is 3.11. The fraction of sp³-hybridized carbons (Fsp3) is 0.632. The Balaban J connectivity index is 1.76. The van der Waals surface area contributed by atoms with Gasteiger partial charge < -0.3 is 5.32 Å². The first-order valence-electron chi connectivity index (χ1n) is 10.1. The van der Waals surface area contributed by atoms with Gasteiger partial charge in [0.2, 0.25) is 15.9 Å². The van der Waals surface area contributed by atoms with Crippen LogP contribution in [0.25, 0.3) is 11.0 Å². The number of sulfonamides is 1. The van der Waals surface area contributed by atoms with Crippen molar-refractivity contribution in [1.29, 1.82) is 0 Å². The van der Waals surface area contributed by atoms with Gasteiger partial charge in [0.15, 0.2) is 0 Å². The molecule has 0 radical (unpaired) electrons. The van der Waals surface area contributed by atoms with Gasteiger partial charge in [0.25, 0.3) is 0 Å². The number of aromatic nitrogens is 3. The summed E-state index contributed by atoms with van der Waals surface area (Å²) in [6.07, 6.45) is 4.26. The van der Waals surface area contributed by atoms with Gasteiger partial charge in [-0.15, -0.1) is 5.10 Å². The predicted octanol–water partition coefficient (Wildman–Crippen LogP) is 2.16. The van der Waals surface area contributed by atoms with Gasteiger partial charge in [-0.2, -0.15) is 4.31 Å². The third-order valence-electron chi connectivity index (χ3n) is 5.14. The molecule has 1 atom stereocenters. The molecule has 1 N–H and O–H groups in total. The van der Waals surface area contributed by atoms with Crippen LogP contribution in [0.4, 0.5) is 0 Å². The molecule has 8 nitrogen and oxygen atoms in total. The number of hydrogen-bond acceptors (Lipinski definition) is 5. The van der Waals surface area contributed by atoms with E-state index in [-0.39, 0.29) is 23.3 Å². The minimum absolute atomic E-state index is 0.0497. The van der Waals surface area contributed by atoms with Crippen LogP contribution in [0.3, 0.4) is 0 Å². The van der Waals surface area contributed by atoms with E-state index < -0.39 is 10.0 Å². The summed E-state index contributed by atoms with van der Waals surface area (Å²) < 4.78 is 29.5. The third-order valence-corrected chi connectivity index (χ3v) is 7.00. The standard InChI is InChI=1S/C19H29N5O3S/c1-3-5-10-20-19(25)15-7-6-12-23(14-15)28(26,27)16-8-9-18-17(13-16)21-22-24(18)11-4-2/h8-9,13,15H,3-7,10-12,14H2,1-2H3,(H,20,25). The quantitative estimate of drug-likeness (QED) is 0.676. The van der Waals surface area contributed by atoms with E-state index in [0.717, 1.165) is 31.3 Å². The second-order valence-electron chi connectivity index (χ2n) is 7.31. The Labute approximate surface area is 166 Å². The van der Waals surface area contributed by atoms with Crippen molar-refractivity contribution in [2.24, 2.45) is 5.92 Å². The molecule has 1 aliphatic rings. The van der Waals surface area contributed by atoms with E-state index >= 15 is 0 Å². The Morgan fingerprint density at radius 1 is 1.29 bits per heavy atom. The molecule has 154 valence electrons. The number of rotatable bonds is 8. The molecule has 3 rings (SSSR count). The molecule has 0 saturated carbocycles. The molecule has 0 bridgehead atoms. The van der Waals surface area contributed by atoms with Crippen molar-refractivity contribution in [3.63, 3.8) is 0 Å². The number of fused-ring (bicyclic) bond motifs is 1. The molecule has 1 aliphatic heterocycles. The molecule has 1 fully saturated rings. The summed E-state index contributed by atoms with van der Waals surface area (Å²) in [5, 5.41) is 11.1. The first kappa shape index (κ1) is 20.7. The van der Waals surface area contributed by atoms with Crippen molar-refractivity contribution in [3.05, 3.63) is 18.2 Å². The lowest BCUT2D eigenvalue weighted by atomic mass is 9.99. The van der Waals surface area contributed by atoms with Gasteiger partial charge in [0.1, 0.15) is 5.52 Å². The first-order chi connectivity index (χ1) is 13.5. The van der Waals surface area contributed by atoms with Crippen molar-refractivity contribution < 1.29 is 13.2 Å². The van der Waals surface area contributed by atoms with Crippen LogP contribution in [0.15, 0.2) is 23.1 Å². The van der Waals surface area contributed by atoms with E-state index in [2.05, 4.69) is 29.5 Å². The number of piperidine rings is 1. The van der Waals surface area contributed by atoms with Gasteiger partial charge in [-0.3, -0.25) is 4.79 Å². The van der Waals surface area contributed by atoms with Crippen LogP contribution < -0.4 is 5.32 Å².